The molecular formula is C21H40O2. The fraction of sp³-hybridized carbons (Fsp3) is 0.857. The van der Waals surface area contributed by atoms with E-state index in [2.05, 4.69) is 19.1 Å². The van der Waals surface area contributed by atoms with Crippen LogP contribution in [0.4, 0.5) is 0 Å². The first-order valence-electron chi connectivity index (χ1n) is 9.97. The van der Waals surface area contributed by atoms with Crippen molar-refractivity contribution in [3.05, 3.63) is 12.2 Å². The van der Waals surface area contributed by atoms with Crippen LogP contribution in [0.3, 0.4) is 0 Å². The second-order valence-electron chi connectivity index (χ2n) is 7.21. The average molecular weight is 325 g/mol. The summed E-state index contributed by atoms with van der Waals surface area (Å²) in [6, 6.07) is 0. The zero-order valence-electron chi connectivity index (χ0n) is 15.9. The Hall–Kier alpha value is -0.790. The molecule has 0 spiro atoms. The topological polar surface area (TPSA) is 37.3 Å². The summed E-state index contributed by atoms with van der Waals surface area (Å²) >= 11 is 0. The summed E-state index contributed by atoms with van der Waals surface area (Å²) in [6.45, 7) is 6.28. The predicted molar refractivity (Wildman–Crippen MR) is 101 cm³/mol. The standard InChI is InChI=1S/C21H40O2/c1-4-5-6-7-8-9-10-11-12-13-14-15-16-17-18-20(19(2)3)21(22)23/h11-12,19-20H,4-10,13-18H2,1-3H3,(H,22,23)/b12-11+. The van der Waals surface area contributed by atoms with Crippen molar-refractivity contribution in [3.63, 3.8) is 0 Å². The van der Waals surface area contributed by atoms with Crippen molar-refractivity contribution in [2.45, 2.75) is 104 Å². The lowest BCUT2D eigenvalue weighted by atomic mass is 9.90. The number of unbranched alkanes of at least 4 members (excludes halogenated alkanes) is 10. The summed E-state index contributed by atoms with van der Waals surface area (Å²) in [7, 11) is 0. The Morgan fingerprint density at radius 1 is 0.826 bits per heavy atom. The van der Waals surface area contributed by atoms with E-state index >= 15 is 0 Å². The molecule has 0 amide bonds. The molecule has 0 heterocycles. The molecule has 1 atom stereocenters. The van der Waals surface area contributed by atoms with Crippen LogP contribution in [0.5, 0.6) is 0 Å². The number of aliphatic carboxylic acids is 1. The van der Waals surface area contributed by atoms with E-state index in [-0.39, 0.29) is 11.8 Å². The SMILES string of the molecule is CCCCCCCC/C=C/CCCCCCC(C(=O)O)C(C)C. The first kappa shape index (κ1) is 22.2. The van der Waals surface area contributed by atoms with Crippen LogP contribution in [-0.4, -0.2) is 11.1 Å². The van der Waals surface area contributed by atoms with Gasteiger partial charge in [-0.15, -0.1) is 0 Å². The van der Waals surface area contributed by atoms with E-state index in [0.29, 0.717) is 0 Å². The van der Waals surface area contributed by atoms with Gasteiger partial charge >= 0.3 is 5.97 Å². The van der Waals surface area contributed by atoms with Crippen LogP contribution in [0, 0.1) is 11.8 Å². The third-order valence-corrected chi connectivity index (χ3v) is 4.65. The normalized spacial score (nSPS) is 13.0. The molecule has 0 saturated carbocycles. The van der Waals surface area contributed by atoms with E-state index in [0.717, 1.165) is 12.8 Å². The quantitative estimate of drug-likeness (QED) is 0.245. The lowest BCUT2D eigenvalue weighted by Crippen LogP contribution is -2.19. The maximum Gasteiger partial charge on any atom is 0.306 e. The van der Waals surface area contributed by atoms with Crippen LogP contribution in [0.1, 0.15) is 104 Å². The average Bonchev–Trinajstić information content (AvgIpc) is 2.50. The highest BCUT2D eigenvalue weighted by Crippen LogP contribution is 2.19. The zero-order chi connectivity index (χ0) is 17.3. The maximum absolute atomic E-state index is 11.1. The number of carboxylic acids is 1. The number of allylic oxidation sites excluding steroid dienone is 2. The Balaban J connectivity index is 3.35. The molecule has 0 aliphatic rings. The van der Waals surface area contributed by atoms with Crippen molar-refractivity contribution in [2.24, 2.45) is 11.8 Å². The van der Waals surface area contributed by atoms with Gasteiger partial charge < -0.3 is 5.11 Å². The molecule has 136 valence electrons. The van der Waals surface area contributed by atoms with Gasteiger partial charge in [-0.25, -0.2) is 0 Å². The molecule has 2 nitrogen and oxygen atoms in total. The minimum atomic E-state index is -0.627. The minimum absolute atomic E-state index is 0.160. The smallest absolute Gasteiger partial charge is 0.306 e. The van der Waals surface area contributed by atoms with Gasteiger partial charge in [0.15, 0.2) is 0 Å². The van der Waals surface area contributed by atoms with Crippen molar-refractivity contribution in [1.29, 1.82) is 0 Å². The molecule has 0 aromatic heterocycles. The molecule has 0 fully saturated rings. The second kappa shape index (κ2) is 16.1. The third kappa shape index (κ3) is 14.5. The maximum atomic E-state index is 11.1. The van der Waals surface area contributed by atoms with E-state index in [1.54, 1.807) is 0 Å². The molecule has 0 saturated heterocycles. The second-order valence-corrected chi connectivity index (χ2v) is 7.21. The third-order valence-electron chi connectivity index (χ3n) is 4.65. The van der Waals surface area contributed by atoms with Crippen LogP contribution >= 0.6 is 0 Å². The molecule has 0 rings (SSSR count). The Morgan fingerprint density at radius 2 is 1.30 bits per heavy atom. The van der Waals surface area contributed by atoms with Crippen molar-refractivity contribution in [1.82, 2.24) is 0 Å². The molecule has 0 aliphatic heterocycles. The molecule has 2 heteroatoms. The Bertz CT molecular complexity index is 294. The van der Waals surface area contributed by atoms with Crippen LogP contribution in [0.15, 0.2) is 12.2 Å². The zero-order valence-corrected chi connectivity index (χ0v) is 15.9. The van der Waals surface area contributed by atoms with Crippen molar-refractivity contribution in [3.8, 4) is 0 Å². The first-order chi connectivity index (χ1) is 11.1. The Labute approximate surface area is 144 Å². The summed E-state index contributed by atoms with van der Waals surface area (Å²) in [5, 5.41) is 9.14. The fourth-order valence-corrected chi connectivity index (χ4v) is 3.00. The van der Waals surface area contributed by atoms with E-state index < -0.39 is 5.97 Å². The van der Waals surface area contributed by atoms with Crippen LogP contribution in [0.2, 0.25) is 0 Å². The Kier molecular flexibility index (Phi) is 15.5. The van der Waals surface area contributed by atoms with Gasteiger partial charge in [0.25, 0.3) is 0 Å². The number of rotatable bonds is 16. The first-order valence-corrected chi connectivity index (χ1v) is 9.97. The molecule has 1 unspecified atom stereocenters. The van der Waals surface area contributed by atoms with Gasteiger partial charge in [-0.05, 0) is 38.0 Å². The molecular weight excluding hydrogens is 284 g/mol. The number of carboxylic acid groups (broad SMARTS) is 1. The minimum Gasteiger partial charge on any atom is -0.481 e. The largest absolute Gasteiger partial charge is 0.481 e. The summed E-state index contributed by atoms with van der Waals surface area (Å²) in [4.78, 5) is 11.1. The monoisotopic (exact) mass is 324 g/mol. The van der Waals surface area contributed by atoms with Crippen LogP contribution < -0.4 is 0 Å². The summed E-state index contributed by atoms with van der Waals surface area (Å²) in [5.41, 5.74) is 0. The highest BCUT2D eigenvalue weighted by molar-refractivity contribution is 5.70. The number of hydrogen-bond donors (Lipinski definition) is 1. The van der Waals surface area contributed by atoms with E-state index in [4.69, 9.17) is 5.11 Å². The molecule has 0 radical (unpaired) electrons. The summed E-state index contributed by atoms with van der Waals surface area (Å²) < 4.78 is 0. The fourth-order valence-electron chi connectivity index (χ4n) is 3.00. The number of hydrogen-bond acceptors (Lipinski definition) is 1. The van der Waals surface area contributed by atoms with Crippen LogP contribution in [-0.2, 0) is 4.79 Å². The van der Waals surface area contributed by atoms with Gasteiger partial charge in [-0.2, -0.15) is 0 Å². The van der Waals surface area contributed by atoms with Gasteiger partial charge in [0.1, 0.15) is 0 Å². The Morgan fingerprint density at radius 3 is 1.78 bits per heavy atom. The van der Waals surface area contributed by atoms with E-state index in [9.17, 15) is 4.79 Å². The van der Waals surface area contributed by atoms with Crippen LogP contribution in [0.25, 0.3) is 0 Å². The summed E-state index contributed by atoms with van der Waals surface area (Å²) in [5.74, 6) is -0.540. The highest BCUT2D eigenvalue weighted by Gasteiger charge is 2.20. The van der Waals surface area contributed by atoms with Gasteiger partial charge in [0.2, 0.25) is 0 Å². The molecule has 0 aromatic rings. The van der Waals surface area contributed by atoms with E-state index in [1.165, 1.54) is 70.6 Å². The van der Waals surface area contributed by atoms with Gasteiger partial charge in [-0.1, -0.05) is 84.3 Å². The predicted octanol–water partition coefficient (Wildman–Crippen LogP) is 6.99. The summed E-state index contributed by atoms with van der Waals surface area (Å²) in [6.07, 6.45) is 20.9. The lowest BCUT2D eigenvalue weighted by Gasteiger charge is -2.15. The lowest BCUT2D eigenvalue weighted by molar-refractivity contribution is -0.143. The van der Waals surface area contributed by atoms with Crippen molar-refractivity contribution < 1.29 is 9.90 Å². The molecule has 0 aliphatic carbocycles. The van der Waals surface area contributed by atoms with Crippen molar-refractivity contribution in [2.75, 3.05) is 0 Å². The molecule has 1 N–H and O–H groups in total. The van der Waals surface area contributed by atoms with Gasteiger partial charge in [0, 0.05) is 0 Å². The molecule has 23 heavy (non-hydrogen) atoms. The highest BCUT2D eigenvalue weighted by atomic mass is 16.4. The molecule has 0 aromatic carbocycles. The number of carbonyl (C=O) groups is 1. The van der Waals surface area contributed by atoms with E-state index in [1.807, 2.05) is 13.8 Å². The molecule has 0 bridgehead atoms. The van der Waals surface area contributed by atoms with Gasteiger partial charge in [0.05, 0.1) is 5.92 Å². The van der Waals surface area contributed by atoms with Crippen molar-refractivity contribution >= 4 is 5.97 Å². The van der Waals surface area contributed by atoms with Gasteiger partial charge in [-0.3, -0.25) is 4.79 Å².